The highest BCUT2D eigenvalue weighted by molar-refractivity contribution is 6.21. The maximum atomic E-state index is 12.4. The van der Waals surface area contributed by atoms with Gasteiger partial charge in [-0.25, -0.2) is 0 Å². The Morgan fingerprint density at radius 2 is 1.96 bits per heavy atom. The number of hydrogen-bond donors (Lipinski definition) is 1. The average molecular weight is 361 g/mol. The first-order valence-electron chi connectivity index (χ1n) is 9.20. The van der Waals surface area contributed by atoms with Crippen molar-refractivity contribution in [3.8, 4) is 0 Å². The number of aromatic nitrogens is 1. The molecule has 2 aliphatic rings. The number of halogens is 1. The summed E-state index contributed by atoms with van der Waals surface area (Å²) in [4.78, 5) is 20.5. The van der Waals surface area contributed by atoms with Crippen molar-refractivity contribution in [3.63, 3.8) is 0 Å². The zero-order chi connectivity index (χ0) is 17.2. The molecule has 1 saturated heterocycles. The summed E-state index contributed by atoms with van der Waals surface area (Å²) >= 11 is 6.22. The lowest BCUT2D eigenvalue weighted by molar-refractivity contribution is -0.128. The van der Waals surface area contributed by atoms with E-state index >= 15 is 0 Å². The van der Waals surface area contributed by atoms with E-state index in [-0.39, 0.29) is 5.91 Å². The third-order valence-electron chi connectivity index (χ3n) is 5.40. The minimum Gasteiger partial charge on any atom is -0.357 e. The number of H-pyrrole nitrogens is 1. The van der Waals surface area contributed by atoms with Crippen molar-refractivity contribution in [1.82, 2.24) is 19.2 Å². The Morgan fingerprint density at radius 1 is 1.16 bits per heavy atom. The van der Waals surface area contributed by atoms with Crippen LogP contribution in [0.5, 0.6) is 0 Å². The highest BCUT2D eigenvalue weighted by Gasteiger charge is 2.24. The van der Waals surface area contributed by atoms with E-state index in [2.05, 4.69) is 39.0 Å². The zero-order valence-electron chi connectivity index (χ0n) is 14.5. The standard InChI is InChI=1S/C19H25ClN4O/c20-24(12-11-22-8-3-4-9-22)19(25)14-23-10-7-16-15-5-1-2-6-17(15)21-18(16)13-23/h1-2,5-6,21H,3-4,7-14H2. The molecule has 25 heavy (non-hydrogen) atoms. The van der Waals surface area contributed by atoms with Crippen molar-refractivity contribution in [1.29, 1.82) is 0 Å². The number of aromatic amines is 1. The van der Waals surface area contributed by atoms with E-state index in [0.717, 1.165) is 39.1 Å². The maximum Gasteiger partial charge on any atom is 0.251 e. The number of nitrogens with one attached hydrogen (secondary N) is 1. The smallest absolute Gasteiger partial charge is 0.251 e. The normalized spacial score (nSPS) is 18.6. The molecule has 2 aromatic rings. The molecule has 0 radical (unpaired) electrons. The fraction of sp³-hybridized carbons (Fsp3) is 0.526. The Bertz CT molecular complexity index is 753. The van der Waals surface area contributed by atoms with Gasteiger partial charge in [-0.05, 0) is 44.0 Å². The van der Waals surface area contributed by atoms with Crippen LogP contribution in [-0.4, -0.2) is 64.4 Å². The zero-order valence-corrected chi connectivity index (χ0v) is 15.3. The van der Waals surface area contributed by atoms with Crippen LogP contribution in [0.1, 0.15) is 24.1 Å². The lowest BCUT2D eigenvalue weighted by atomic mass is 10.0. The highest BCUT2D eigenvalue weighted by atomic mass is 35.5. The van der Waals surface area contributed by atoms with Gasteiger partial charge in [0.1, 0.15) is 0 Å². The third kappa shape index (κ3) is 3.68. The molecular formula is C19H25ClN4O. The number of para-hydroxylation sites is 1. The van der Waals surface area contributed by atoms with Crippen molar-refractivity contribution < 1.29 is 4.79 Å². The van der Waals surface area contributed by atoms with E-state index in [0.29, 0.717) is 13.1 Å². The minimum atomic E-state index is 0.000393. The summed E-state index contributed by atoms with van der Waals surface area (Å²) in [6.45, 7) is 5.82. The Kier molecular flexibility index (Phi) is 4.97. The predicted molar refractivity (Wildman–Crippen MR) is 101 cm³/mol. The first-order valence-corrected chi connectivity index (χ1v) is 9.54. The van der Waals surface area contributed by atoms with Gasteiger partial charge in [0.25, 0.3) is 5.91 Å². The van der Waals surface area contributed by atoms with E-state index < -0.39 is 0 Å². The molecule has 134 valence electrons. The van der Waals surface area contributed by atoms with Crippen molar-refractivity contribution in [3.05, 3.63) is 35.5 Å². The number of rotatable bonds is 5. The average Bonchev–Trinajstić information content (AvgIpc) is 3.26. The van der Waals surface area contributed by atoms with Crippen LogP contribution in [0.3, 0.4) is 0 Å². The second-order valence-corrected chi connectivity index (χ2v) is 7.52. The van der Waals surface area contributed by atoms with Crippen molar-refractivity contribution in [2.24, 2.45) is 0 Å². The number of amides is 1. The van der Waals surface area contributed by atoms with E-state index in [1.165, 1.54) is 39.4 Å². The Balaban J connectivity index is 1.33. The van der Waals surface area contributed by atoms with Crippen LogP contribution in [0.2, 0.25) is 0 Å². The van der Waals surface area contributed by atoms with Gasteiger partial charge in [0.05, 0.1) is 13.1 Å². The summed E-state index contributed by atoms with van der Waals surface area (Å²) in [6, 6.07) is 8.42. The summed E-state index contributed by atoms with van der Waals surface area (Å²) < 4.78 is 1.37. The molecule has 0 saturated carbocycles. The van der Waals surface area contributed by atoms with Gasteiger partial charge in [0, 0.05) is 48.0 Å². The van der Waals surface area contributed by atoms with Gasteiger partial charge in [0.2, 0.25) is 0 Å². The summed E-state index contributed by atoms with van der Waals surface area (Å²) in [5, 5.41) is 1.31. The van der Waals surface area contributed by atoms with Crippen molar-refractivity contribution >= 4 is 28.6 Å². The number of benzene rings is 1. The molecule has 2 aliphatic heterocycles. The van der Waals surface area contributed by atoms with Crippen LogP contribution in [-0.2, 0) is 17.8 Å². The second kappa shape index (κ2) is 7.36. The molecule has 4 rings (SSSR count). The second-order valence-electron chi connectivity index (χ2n) is 7.12. The van der Waals surface area contributed by atoms with Crippen LogP contribution >= 0.6 is 11.8 Å². The number of fused-ring (bicyclic) bond motifs is 3. The minimum absolute atomic E-state index is 0.000393. The molecule has 0 aliphatic carbocycles. The number of nitrogens with zero attached hydrogens (tertiary/aromatic N) is 3. The fourth-order valence-electron chi connectivity index (χ4n) is 4.01. The van der Waals surface area contributed by atoms with Gasteiger partial charge in [-0.15, -0.1) is 0 Å². The van der Waals surface area contributed by atoms with Gasteiger partial charge >= 0.3 is 0 Å². The molecule has 5 nitrogen and oxygen atoms in total. The van der Waals surface area contributed by atoms with E-state index in [1.54, 1.807) is 0 Å². The number of hydrogen-bond acceptors (Lipinski definition) is 3. The molecule has 1 N–H and O–H groups in total. The SMILES string of the molecule is O=C(CN1CCc2c([nH]c3ccccc23)C1)N(Cl)CCN1CCCC1. The van der Waals surface area contributed by atoms with Crippen LogP contribution < -0.4 is 0 Å². The summed E-state index contributed by atoms with van der Waals surface area (Å²) in [7, 11) is 0. The van der Waals surface area contributed by atoms with Crippen LogP contribution in [0.25, 0.3) is 10.9 Å². The molecule has 0 unspecified atom stereocenters. The lowest BCUT2D eigenvalue weighted by Gasteiger charge is -2.28. The van der Waals surface area contributed by atoms with Crippen LogP contribution in [0, 0.1) is 0 Å². The van der Waals surface area contributed by atoms with Crippen LogP contribution in [0.15, 0.2) is 24.3 Å². The highest BCUT2D eigenvalue weighted by Crippen LogP contribution is 2.27. The fourth-order valence-corrected chi connectivity index (χ4v) is 4.14. The lowest BCUT2D eigenvalue weighted by Crippen LogP contribution is -2.41. The molecule has 1 amide bonds. The first kappa shape index (κ1) is 16.9. The first-order chi connectivity index (χ1) is 12.2. The molecule has 3 heterocycles. The van der Waals surface area contributed by atoms with E-state index in [1.807, 2.05) is 0 Å². The molecule has 0 atom stereocenters. The summed E-state index contributed by atoms with van der Waals surface area (Å²) in [6.07, 6.45) is 3.50. The predicted octanol–water partition coefficient (Wildman–Crippen LogP) is 2.60. The molecule has 0 spiro atoms. The molecule has 1 fully saturated rings. The number of carbonyl (C=O) groups is 1. The van der Waals surface area contributed by atoms with Crippen molar-refractivity contribution in [2.45, 2.75) is 25.8 Å². The van der Waals surface area contributed by atoms with Gasteiger partial charge in [0.15, 0.2) is 0 Å². The van der Waals surface area contributed by atoms with Gasteiger partial charge in [-0.2, -0.15) is 0 Å². The molecular weight excluding hydrogens is 336 g/mol. The summed E-state index contributed by atoms with van der Waals surface area (Å²) in [5.41, 5.74) is 3.82. The molecule has 1 aromatic carbocycles. The summed E-state index contributed by atoms with van der Waals surface area (Å²) in [5.74, 6) is 0.000393. The largest absolute Gasteiger partial charge is 0.357 e. The Hall–Kier alpha value is -1.56. The molecule has 6 heteroatoms. The van der Waals surface area contributed by atoms with E-state index in [4.69, 9.17) is 11.8 Å². The van der Waals surface area contributed by atoms with Gasteiger partial charge in [-0.3, -0.25) is 14.1 Å². The molecule has 0 bridgehead atoms. The van der Waals surface area contributed by atoms with Crippen molar-refractivity contribution in [2.75, 3.05) is 39.3 Å². The van der Waals surface area contributed by atoms with Crippen LogP contribution in [0.4, 0.5) is 0 Å². The Morgan fingerprint density at radius 3 is 2.80 bits per heavy atom. The quantitative estimate of drug-likeness (QED) is 0.833. The number of likely N-dealkylation sites (tertiary alicyclic amines) is 1. The molecule has 1 aromatic heterocycles. The monoisotopic (exact) mass is 360 g/mol. The Labute approximate surface area is 153 Å². The van der Waals surface area contributed by atoms with Gasteiger partial charge in [-0.1, -0.05) is 18.2 Å². The third-order valence-corrected chi connectivity index (χ3v) is 5.76. The maximum absolute atomic E-state index is 12.4. The topological polar surface area (TPSA) is 42.6 Å². The van der Waals surface area contributed by atoms with Gasteiger partial charge < -0.3 is 9.88 Å². The number of carbonyl (C=O) groups excluding carboxylic acids is 1. The van der Waals surface area contributed by atoms with E-state index in [9.17, 15) is 4.79 Å².